The number of nitrogens with one attached hydrogen (secondary N) is 1. The second-order valence-corrected chi connectivity index (χ2v) is 2.69. The molecule has 9 heavy (non-hydrogen) atoms. The van der Waals surface area contributed by atoms with Gasteiger partial charge in [-0.15, -0.1) is 0 Å². The van der Waals surface area contributed by atoms with E-state index in [9.17, 15) is 0 Å². The molecule has 0 radical (unpaired) electrons. The van der Waals surface area contributed by atoms with E-state index in [0.29, 0.717) is 6.04 Å². The maximum Gasteiger partial charge on any atom is 0.00357 e. The van der Waals surface area contributed by atoms with Crippen molar-refractivity contribution in [1.82, 2.24) is 5.32 Å². The molecule has 0 aromatic carbocycles. The van der Waals surface area contributed by atoms with Crippen LogP contribution < -0.4 is 5.32 Å². The molecule has 0 aliphatic rings. The number of hydrogen-bond donors (Lipinski definition) is 1. The Morgan fingerprint density at radius 1 is 1.33 bits per heavy atom. The predicted octanol–water partition coefficient (Wildman–Crippen LogP) is 2.17. The van der Waals surface area contributed by atoms with Crippen molar-refractivity contribution in [3.63, 3.8) is 0 Å². The highest BCUT2D eigenvalue weighted by atomic mass is 14.8. The average Bonchev–Trinajstić information content (AvgIpc) is 1.89. The van der Waals surface area contributed by atoms with Gasteiger partial charge in [0.15, 0.2) is 0 Å². The normalized spacial score (nSPS) is 13.7. The molecular formula is C8H19N. The molecule has 0 heterocycles. The molecule has 0 spiro atoms. The average molecular weight is 129 g/mol. The molecule has 1 heteroatoms. The van der Waals surface area contributed by atoms with Gasteiger partial charge in [-0.25, -0.2) is 0 Å². The molecule has 0 saturated heterocycles. The topological polar surface area (TPSA) is 12.0 Å². The van der Waals surface area contributed by atoms with Crippen LogP contribution in [0, 0.1) is 0 Å². The van der Waals surface area contributed by atoms with E-state index in [1.54, 1.807) is 0 Å². The number of hydrogen-bond acceptors (Lipinski definition) is 1. The Bertz CT molecular complexity index is 52.5. The number of rotatable bonds is 5. The lowest BCUT2D eigenvalue weighted by molar-refractivity contribution is 0.525. The van der Waals surface area contributed by atoms with Crippen LogP contribution in [0.25, 0.3) is 0 Å². The zero-order valence-electron chi connectivity index (χ0n) is 6.91. The van der Waals surface area contributed by atoms with Gasteiger partial charge >= 0.3 is 0 Å². The largest absolute Gasteiger partial charge is 0.317 e. The zero-order valence-corrected chi connectivity index (χ0v) is 6.91. The first-order valence-electron chi connectivity index (χ1n) is 3.98. The van der Waals surface area contributed by atoms with Gasteiger partial charge in [0.05, 0.1) is 0 Å². The monoisotopic (exact) mass is 129 g/mol. The molecule has 1 nitrogen and oxygen atoms in total. The molecule has 0 saturated carbocycles. The molecular weight excluding hydrogens is 110 g/mol. The summed E-state index contributed by atoms with van der Waals surface area (Å²) in [6.07, 6.45) is 5.41. The third-order valence-electron chi connectivity index (χ3n) is 1.73. The van der Waals surface area contributed by atoms with Crippen LogP contribution in [0.2, 0.25) is 0 Å². The maximum absolute atomic E-state index is 3.22. The van der Waals surface area contributed by atoms with Crippen molar-refractivity contribution in [1.29, 1.82) is 0 Å². The molecule has 1 N–H and O–H groups in total. The minimum Gasteiger partial charge on any atom is -0.317 e. The standard InChI is InChI=1S/C8H19N/c1-4-5-6-7-8(2)9-3/h8-9H,4-7H2,1-3H3/t8-/m1/s1. The fourth-order valence-electron chi connectivity index (χ4n) is 0.845. The van der Waals surface area contributed by atoms with Crippen molar-refractivity contribution < 1.29 is 0 Å². The molecule has 0 unspecified atom stereocenters. The van der Waals surface area contributed by atoms with E-state index in [1.807, 2.05) is 7.05 Å². The van der Waals surface area contributed by atoms with E-state index >= 15 is 0 Å². The van der Waals surface area contributed by atoms with E-state index in [0.717, 1.165) is 0 Å². The summed E-state index contributed by atoms with van der Waals surface area (Å²) in [6, 6.07) is 0.705. The number of unbranched alkanes of at least 4 members (excludes halogenated alkanes) is 2. The minimum absolute atomic E-state index is 0.705. The summed E-state index contributed by atoms with van der Waals surface area (Å²) in [5, 5.41) is 3.22. The summed E-state index contributed by atoms with van der Waals surface area (Å²) in [5.41, 5.74) is 0. The van der Waals surface area contributed by atoms with Gasteiger partial charge in [-0.3, -0.25) is 0 Å². The smallest absolute Gasteiger partial charge is 0.00357 e. The lowest BCUT2D eigenvalue weighted by atomic mass is 10.1. The molecule has 0 fully saturated rings. The third-order valence-corrected chi connectivity index (χ3v) is 1.73. The second kappa shape index (κ2) is 6.09. The van der Waals surface area contributed by atoms with Crippen LogP contribution in [0.4, 0.5) is 0 Å². The molecule has 0 bridgehead atoms. The van der Waals surface area contributed by atoms with Gasteiger partial charge in [-0.1, -0.05) is 26.2 Å². The first kappa shape index (κ1) is 8.96. The van der Waals surface area contributed by atoms with Crippen molar-refractivity contribution in [2.75, 3.05) is 7.05 Å². The fraction of sp³-hybridized carbons (Fsp3) is 1.00. The van der Waals surface area contributed by atoms with E-state index in [-0.39, 0.29) is 0 Å². The predicted molar refractivity (Wildman–Crippen MR) is 42.7 cm³/mol. The molecule has 0 aromatic heterocycles. The molecule has 1 atom stereocenters. The van der Waals surface area contributed by atoms with Crippen LogP contribution in [0.1, 0.15) is 39.5 Å². The van der Waals surface area contributed by atoms with Gasteiger partial charge in [0.1, 0.15) is 0 Å². The minimum atomic E-state index is 0.705. The van der Waals surface area contributed by atoms with Crippen LogP contribution in [-0.4, -0.2) is 13.1 Å². The van der Waals surface area contributed by atoms with Crippen molar-refractivity contribution in [3.8, 4) is 0 Å². The third kappa shape index (κ3) is 5.84. The van der Waals surface area contributed by atoms with Crippen molar-refractivity contribution in [2.45, 2.75) is 45.6 Å². The Morgan fingerprint density at radius 3 is 2.44 bits per heavy atom. The van der Waals surface area contributed by atoms with Crippen molar-refractivity contribution in [3.05, 3.63) is 0 Å². The Morgan fingerprint density at radius 2 is 2.00 bits per heavy atom. The Balaban J connectivity index is 2.88. The van der Waals surface area contributed by atoms with Gasteiger partial charge in [-0.05, 0) is 20.4 Å². The first-order chi connectivity index (χ1) is 4.31. The van der Waals surface area contributed by atoms with E-state index in [1.165, 1.54) is 25.7 Å². The Kier molecular flexibility index (Phi) is 6.06. The summed E-state index contributed by atoms with van der Waals surface area (Å²) < 4.78 is 0. The van der Waals surface area contributed by atoms with Gasteiger partial charge in [-0.2, -0.15) is 0 Å². The summed E-state index contributed by atoms with van der Waals surface area (Å²) in [6.45, 7) is 4.47. The van der Waals surface area contributed by atoms with Crippen LogP contribution in [0.15, 0.2) is 0 Å². The maximum atomic E-state index is 3.22. The van der Waals surface area contributed by atoms with Crippen molar-refractivity contribution >= 4 is 0 Å². The van der Waals surface area contributed by atoms with Crippen LogP contribution >= 0.6 is 0 Å². The quantitative estimate of drug-likeness (QED) is 0.561. The van der Waals surface area contributed by atoms with Gasteiger partial charge < -0.3 is 5.32 Å². The molecule has 56 valence electrons. The molecule has 0 aliphatic carbocycles. The highest BCUT2D eigenvalue weighted by Gasteiger charge is 1.94. The van der Waals surface area contributed by atoms with Crippen LogP contribution in [0.5, 0.6) is 0 Å². The Labute approximate surface area is 58.8 Å². The van der Waals surface area contributed by atoms with Crippen molar-refractivity contribution in [2.24, 2.45) is 0 Å². The zero-order chi connectivity index (χ0) is 7.11. The first-order valence-corrected chi connectivity index (χ1v) is 3.98. The van der Waals surface area contributed by atoms with E-state index in [4.69, 9.17) is 0 Å². The lowest BCUT2D eigenvalue weighted by Gasteiger charge is -2.07. The molecule has 0 rings (SSSR count). The highest BCUT2D eigenvalue weighted by molar-refractivity contribution is 4.55. The van der Waals surface area contributed by atoms with Crippen LogP contribution in [0.3, 0.4) is 0 Å². The summed E-state index contributed by atoms with van der Waals surface area (Å²) in [5.74, 6) is 0. The molecule has 0 aliphatic heterocycles. The molecule has 0 amide bonds. The van der Waals surface area contributed by atoms with Crippen LogP contribution in [-0.2, 0) is 0 Å². The van der Waals surface area contributed by atoms with E-state index in [2.05, 4.69) is 19.2 Å². The summed E-state index contributed by atoms with van der Waals surface area (Å²) in [7, 11) is 2.02. The SMILES string of the molecule is CCCCC[C@@H](C)NC. The van der Waals surface area contributed by atoms with E-state index < -0.39 is 0 Å². The Hall–Kier alpha value is -0.0400. The van der Waals surface area contributed by atoms with Gasteiger partial charge in [0.25, 0.3) is 0 Å². The summed E-state index contributed by atoms with van der Waals surface area (Å²) >= 11 is 0. The fourth-order valence-corrected chi connectivity index (χ4v) is 0.845. The highest BCUT2D eigenvalue weighted by Crippen LogP contribution is 2.01. The van der Waals surface area contributed by atoms with Gasteiger partial charge in [0.2, 0.25) is 0 Å². The van der Waals surface area contributed by atoms with Gasteiger partial charge in [0, 0.05) is 6.04 Å². The summed E-state index contributed by atoms with van der Waals surface area (Å²) in [4.78, 5) is 0. The second-order valence-electron chi connectivity index (χ2n) is 2.69. The lowest BCUT2D eigenvalue weighted by Crippen LogP contribution is -2.20. The molecule has 0 aromatic rings.